The van der Waals surface area contributed by atoms with E-state index >= 15 is 0 Å². The summed E-state index contributed by atoms with van der Waals surface area (Å²) in [5, 5.41) is 0. The quantitative estimate of drug-likeness (QED) is 0.121. The molecule has 2 aromatic rings. The smallest absolute Gasteiger partial charge is 0.199 e. The lowest BCUT2D eigenvalue weighted by Gasteiger charge is -2.26. The first-order valence-corrected chi connectivity index (χ1v) is 19.0. The Bertz CT molecular complexity index is 1140. The van der Waals surface area contributed by atoms with Gasteiger partial charge in [0, 0.05) is 62.5 Å². The maximum absolute atomic E-state index is 2.59. The van der Waals surface area contributed by atoms with Crippen LogP contribution < -0.4 is 9.80 Å². The summed E-state index contributed by atoms with van der Waals surface area (Å²) in [7, 11) is 0. The van der Waals surface area contributed by atoms with Crippen LogP contribution in [-0.2, 0) is 0 Å². The number of anilines is 2. The summed E-state index contributed by atoms with van der Waals surface area (Å²) in [5.41, 5.74) is 9.23. The lowest BCUT2D eigenvalue weighted by Crippen LogP contribution is -2.25. The van der Waals surface area contributed by atoms with Crippen LogP contribution in [0.5, 0.6) is 0 Å². The van der Waals surface area contributed by atoms with Crippen molar-refractivity contribution in [2.45, 2.75) is 119 Å². The molecular formula is C43H66N3+. The van der Waals surface area contributed by atoms with E-state index in [-0.39, 0.29) is 0 Å². The minimum Gasteiger partial charge on any atom is -0.372 e. The molecule has 2 aromatic carbocycles. The summed E-state index contributed by atoms with van der Waals surface area (Å²) >= 11 is 0. The van der Waals surface area contributed by atoms with Gasteiger partial charge in [0.25, 0.3) is 0 Å². The van der Waals surface area contributed by atoms with Crippen LogP contribution in [0.1, 0.15) is 130 Å². The third-order valence-corrected chi connectivity index (χ3v) is 9.25. The third-order valence-electron chi connectivity index (χ3n) is 9.25. The molecule has 0 aromatic heterocycles. The first-order chi connectivity index (χ1) is 22.6. The fourth-order valence-electron chi connectivity index (χ4n) is 6.22. The van der Waals surface area contributed by atoms with Crippen LogP contribution in [-0.4, -0.2) is 49.6 Å². The van der Waals surface area contributed by atoms with Crippen molar-refractivity contribution in [2.75, 3.05) is 49.1 Å². The van der Waals surface area contributed by atoms with Gasteiger partial charge in [0.05, 0.1) is 0 Å². The minimum atomic E-state index is 1.13. The number of hydrogen-bond donors (Lipinski definition) is 0. The van der Waals surface area contributed by atoms with Gasteiger partial charge in [-0.1, -0.05) is 104 Å². The largest absolute Gasteiger partial charge is 0.372 e. The van der Waals surface area contributed by atoms with Crippen molar-refractivity contribution < 1.29 is 4.58 Å². The first kappa shape index (κ1) is 37.4. The highest BCUT2D eigenvalue weighted by molar-refractivity contribution is 6.04. The van der Waals surface area contributed by atoms with Crippen molar-refractivity contribution in [1.82, 2.24) is 0 Å². The van der Waals surface area contributed by atoms with Crippen molar-refractivity contribution in [3.05, 3.63) is 89.5 Å². The van der Waals surface area contributed by atoms with Gasteiger partial charge in [0.1, 0.15) is 13.1 Å². The van der Waals surface area contributed by atoms with Gasteiger partial charge in [-0.05, 0) is 84.4 Å². The molecule has 0 saturated heterocycles. The van der Waals surface area contributed by atoms with Crippen LogP contribution in [0.25, 0.3) is 5.57 Å². The van der Waals surface area contributed by atoms with Gasteiger partial charge in [0.15, 0.2) is 5.71 Å². The van der Waals surface area contributed by atoms with Crippen molar-refractivity contribution in [2.24, 2.45) is 0 Å². The van der Waals surface area contributed by atoms with Gasteiger partial charge < -0.3 is 9.80 Å². The molecule has 0 fully saturated rings. The molecule has 3 rings (SSSR count). The summed E-state index contributed by atoms with van der Waals surface area (Å²) in [6.45, 7) is 20.5. The molecule has 0 aliphatic heterocycles. The maximum Gasteiger partial charge on any atom is 0.199 e. The molecule has 0 bridgehead atoms. The summed E-state index contributed by atoms with van der Waals surface area (Å²) in [5.74, 6) is 0. The molecule has 0 N–H and O–H groups in total. The summed E-state index contributed by atoms with van der Waals surface area (Å²) in [6, 6.07) is 18.9. The van der Waals surface area contributed by atoms with Crippen LogP contribution in [0.15, 0.2) is 78.4 Å². The van der Waals surface area contributed by atoms with Crippen LogP contribution >= 0.6 is 0 Å². The van der Waals surface area contributed by atoms with Gasteiger partial charge in [-0.15, -0.1) is 0 Å². The molecule has 0 spiro atoms. The second-order valence-corrected chi connectivity index (χ2v) is 13.1. The normalized spacial score (nSPS) is 12.6. The van der Waals surface area contributed by atoms with E-state index in [4.69, 9.17) is 0 Å². The maximum atomic E-state index is 2.59. The minimum absolute atomic E-state index is 1.13. The van der Waals surface area contributed by atoms with E-state index < -0.39 is 0 Å². The Kier molecular flexibility index (Phi) is 17.6. The lowest BCUT2D eigenvalue weighted by molar-refractivity contribution is -0.527. The summed E-state index contributed by atoms with van der Waals surface area (Å²) < 4.78 is 2.59. The molecule has 1 aliphatic carbocycles. The van der Waals surface area contributed by atoms with Crippen LogP contribution in [0.3, 0.4) is 0 Å². The number of hydrogen-bond acceptors (Lipinski definition) is 2. The lowest BCUT2D eigenvalue weighted by atomic mass is 9.90. The van der Waals surface area contributed by atoms with E-state index in [9.17, 15) is 0 Å². The molecule has 1 aliphatic rings. The van der Waals surface area contributed by atoms with Gasteiger partial charge in [-0.2, -0.15) is 0 Å². The van der Waals surface area contributed by atoms with Crippen molar-refractivity contribution >= 4 is 22.7 Å². The standard InChI is InChI=1S/C43H66N3/c1-7-13-31-44(32-14-8-2)40-25-19-37(20-26-40)43(38-21-27-41(28-22-38)45(33-15-9-3)34-16-10-4)39-23-29-42(30-24-39)46(35-17-11-5)36-18-12-6/h19-30H,7-18,31-36H2,1-6H3/q+1. The molecule has 0 unspecified atom stereocenters. The highest BCUT2D eigenvalue weighted by Gasteiger charge is 2.17. The Morgan fingerprint density at radius 3 is 1.13 bits per heavy atom. The Labute approximate surface area is 283 Å². The fourth-order valence-corrected chi connectivity index (χ4v) is 6.22. The van der Waals surface area contributed by atoms with Crippen LogP contribution in [0.4, 0.5) is 11.4 Å². The molecule has 252 valence electrons. The highest BCUT2D eigenvalue weighted by atomic mass is 15.1. The monoisotopic (exact) mass is 625 g/mol. The average Bonchev–Trinajstić information content (AvgIpc) is 3.10. The number of allylic oxidation sites excluding steroid dienone is 5. The van der Waals surface area contributed by atoms with Crippen LogP contribution in [0, 0.1) is 0 Å². The number of benzene rings is 2. The second kappa shape index (κ2) is 21.7. The van der Waals surface area contributed by atoms with Crippen molar-refractivity contribution in [3.63, 3.8) is 0 Å². The Balaban J connectivity index is 2.04. The zero-order valence-electron chi connectivity index (χ0n) is 30.5. The molecule has 0 heterocycles. The Morgan fingerprint density at radius 1 is 0.457 bits per heavy atom. The van der Waals surface area contributed by atoms with E-state index in [0.29, 0.717) is 0 Å². The van der Waals surface area contributed by atoms with Crippen LogP contribution in [0.2, 0.25) is 0 Å². The molecular weight excluding hydrogens is 558 g/mol. The molecule has 3 nitrogen and oxygen atoms in total. The highest BCUT2D eigenvalue weighted by Crippen LogP contribution is 2.32. The van der Waals surface area contributed by atoms with Gasteiger partial charge >= 0.3 is 0 Å². The fraction of sp³-hybridized carbons (Fsp3) is 0.558. The van der Waals surface area contributed by atoms with E-state index in [1.54, 1.807) is 0 Å². The molecule has 3 heteroatoms. The van der Waals surface area contributed by atoms with Crippen molar-refractivity contribution in [3.8, 4) is 0 Å². The van der Waals surface area contributed by atoms with E-state index in [0.717, 1.165) is 39.3 Å². The zero-order valence-corrected chi connectivity index (χ0v) is 30.5. The number of rotatable bonds is 22. The van der Waals surface area contributed by atoms with Gasteiger partial charge in [0.2, 0.25) is 0 Å². The molecule has 0 atom stereocenters. The average molecular weight is 625 g/mol. The Morgan fingerprint density at radius 2 is 0.804 bits per heavy atom. The molecule has 46 heavy (non-hydrogen) atoms. The zero-order chi connectivity index (χ0) is 33.0. The van der Waals surface area contributed by atoms with E-state index in [2.05, 4.69) is 129 Å². The predicted octanol–water partition coefficient (Wildman–Crippen LogP) is 11.5. The van der Waals surface area contributed by atoms with E-state index in [1.807, 2.05) is 0 Å². The number of nitrogens with zero attached hydrogens (tertiary/aromatic N) is 3. The van der Waals surface area contributed by atoms with Gasteiger partial charge in [-0.3, -0.25) is 0 Å². The molecule has 0 radical (unpaired) electrons. The summed E-state index contributed by atoms with van der Waals surface area (Å²) in [4.78, 5) is 5.17. The second-order valence-electron chi connectivity index (χ2n) is 13.1. The SMILES string of the molecule is CCCCN(CCCC)c1ccc(C(=C2C=CC(=[N+](CCCC)CCCC)C=C2)c2ccc(N(CCCC)CCCC)cc2)cc1. The number of unbranched alkanes of at least 4 members (excludes halogenated alkanes) is 6. The molecule has 0 saturated carbocycles. The van der Waals surface area contributed by atoms with Gasteiger partial charge in [-0.25, -0.2) is 4.58 Å². The predicted molar refractivity (Wildman–Crippen MR) is 206 cm³/mol. The summed E-state index contributed by atoms with van der Waals surface area (Å²) in [6.07, 6.45) is 24.3. The first-order valence-electron chi connectivity index (χ1n) is 19.0. The van der Waals surface area contributed by atoms with Crippen molar-refractivity contribution in [1.29, 1.82) is 0 Å². The van der Waals surface area contributed by atoms with E-state index in [1.165, 1.54) is 116 Å². The molecule has 0 amide bonds. The Hall–Kier alpha value is -3.07. The topological polar surface area (TPSA) is 9.49 Å². The third kappa shape index (κ3) is 11.6.